The molecule has 4 heterocycles. The molecule has 0 saturated carbocycles. The average molecular weight is 547 g/mol. The Morgan fingerprint density at radius 2 is 1.83 bits per heavy atom. The molecule has 12 heteroatoms. The molecule has 0 unspecified atom stereocenters. The number of piperazine rings is 1. The number of amides is 1. The van der Waals surface area contributed by atoms with Gasteiger partial charge in [-0.25, -0.2) is 18.4 Å². The molecule has 2 aliphatic rings. The summed E-state index contributed by atoms with van der Waals surface area (Å²) in [5.41, 5.74) is 1.31. The summed E-state index contributed by atoms with van der Waals surface area (Å²) in [6, 6.07) is 4.85. The highest BCUT2D eigenvalue weighted by atomic mass is 35.5. The molecular formula is C24H27ClN6O3S2. The van der Waals surface area contributed by atoms with Gasteiger partial charge in [0.2, 0.25) is 10.0 Å². The highest BCUT2D eigenvalue weighted by Crippen LogP contribution is 2.33. The van der Waals surface area contributed by atoms with E-state index < -0.39 is 10.0 Å². The number of piperidine rings is 1. The number of hydrogen-bond acceptors (Lipinski definition) is 8. The van der Waals surface area contributed by atoms with Gasteiger partial charge in [-0.2, -0.15) is 4.31 Å². The predicted molar refractivity (Wildman–Crippen MR) is 139 cm³/mol. The Labute approximate surface area is 219 Å². The summed E-state index contributed by atoms with van der Waals surface area (Å²) in [7, 11) is -3.60. The van der Waals surface area contributed by atoms with E-state index >= 15 is 0 Å². The summed E-state index contributed by atoms with van der Waals surface area (Å²) in [4.78, 5) is 30.3. The van der Waals surface area contributed by atoms with Crippen LogP contribution in [0, 0.1) is 6.92 Å². The fourth-order valence-corrected chi connectivity index (χ4v) is 7.26. The van der Waals surface area contributed by atoms with Crippen LogP contribution in [0.15, 0.2) is 47.1 Å². The smallest absolute Gasteiger partial charge is 0.273 e. The van der Waals surface area contributed by atoms with Crippen LogP contribution in [-0.4, -0.2) is 77.8 Å². The second kappa shape index (κ2) is 10.4. The second-order valence-corrected chi connectivity index (χ2v) is 12.2. The van der Waals surface area contributed by atoms with E-state index in [1.807, 2.05) is 17.2 Å². The lowest BCUT2D eigenvalue weighted by atomic mass is 9.99. The van der Waals surface area contributed by atoms with Crippen LogP contribution in [0.3, 0.4) is 0 Å². The van der Waals surface area contributed by atoms with Gasteiger partial charge in [-0.3, -0.25) is 9.78 Å². The van der Waals surface area contributed by atoms with Crippen molar-refractivity contribution < 1.29 is 13.2 Å². The molecule has 0 spiro atoms. The van der Waals surface area contributed by atoms with Gasteiger partial charge in [-0.1, -0.05) is 17.7 Å². The number of benzene rings is 1. The Morgan fingerprint density at radius 3 is 2.50 bits per heavy atom. The molecule has 36 heavy (non-hydrogen) atoms. The van der Waals surface area contributed by atoms with E-state index in [0.29, 0.717) is 62.8 Å². The molecule has 5 rings (SSSR count). The summed E-state index contributed by atoms with van der Waals surface area (Å²) in [5, 5.41) is 3.16. The first-order valence-corrected chi connectivity index (χ1v) is 14.5. The predicted octanol–water partition coefficient (Wildman–Crippen LogP) is 3.43. The largest absolute Gasteiger partial charge is 0.352 e. The van der Waals surface area contributed by atoms with E-state index in [1.165, 1.54) is 21.7 Å². The minimum absolute atomic E-state index is 0.0624. The van der Waals surface area contributed by atoms with Crippen molar-refractivity contribution in [3.8, 4) is 0 Å². The van der Waals surface area contributed by atoms with Crippen LogP contribution in [0.2, 0.25) is 5.02 Å². The van der Waals surface area contributed by atoms with Gasteiger partial charge in [0.25, 0.3) is 5.91 Å². The first-order chi connectivity index (χ1) is 17.3. The van der Waals surface area contributed by atoms with E-state index in [2.05, 4.69) is 19.9 Å². The third-order valence-corrected chi connectivity index (χ3v) is 10.1. The number of thiazole rings is 1. The van der Waals surface area contributed by atoms with E-state index in [1.54, 1.807) is 30.7 Å². The number of rotatable bonds is 5. The monoisotopic (exact) mass is 546 g/mol. The van der Waals surface area contributed by atoms with E-state index in [-0.39, 0.29) is 16.7 Å². The Balaban J connectivity index is 1.17. The van der Waals surface area contributed by atoms with Crippen LogP contribution in [-0.2, 0) is 10.0 Å². The molecule has 1 amide bonds. The van der Waals surface area contributed by atoms with Crippen LogP contribution in [0.4, 0.5) is 5.82 Å². The lowest BCUT2D eigenvalue weighted by molar-refractivity contribution is 0.0741. The molecule has 2 aromatic heterocycles. The lowest BCUT2D eigenvalue weighted by Crippen LogP contribution is -2.49. The molecule has 2 aliphatic heterocycles. The SMILES string of the molecule is Cc1ccc(S(=O)(=O)N2CCC(c3nc(C(=O)N4CCN(c5cnccn5)CC4)cs3)CC2)cc1Cl. The van der Waals surface area contributed by atoms with Gasteiger partial charge in [0, 0.05) is 68.0 Å². The van der Waals surface area contributed by atoms with Gasteiger partial charge in [0.15, 0.2) is 0 Å². The molecule has 2 fully saturated rings. The number of aromatic nitrogens is 3. The van der Waals surface area contributed by atoms with Gasteiger partial charge in [0.05, 0.1) is 16.1 Å². The van der Waals surface area contributed by atoms with E-state index in [4.69, 9.17) is 11.6 Å². The van der Waals surface area contributed by atoms with Gasteiger partial charge in [-0.05, 0) is 37.5 Å². The van der Waals surface area contributed by atoms with Gasteiger partial charge in [-0.15, -0.1) is 11.3 Å². The van der Waals surface area contributed by atoms with Crippen molar-refractivity contribution in [2.75, 3.05) is 44.2 Å². The number of carbonyl (C=O) groups is 1. The molecule has 0 aliphatic carbocycles. The number of anilines is 1. The maximum absolute atomic E-state index is 13.1. The standard InChI is InChI=1S/C24H27ClN6O3S2/c1-17-2-3-19(14-20(17)25)36(33,34)31-8-4-18(5-9-31)23-28-21(16-35-23)24(32)30-12-10-29(11-13-30)22-15-26-6-7-27-22/h2-3,6-7,14-16,18H,4-5,8-13H2,1H3. The minimum atomic E-state index is -3.60. The van der Waals surface area contributed by atoms with E-state index in [9.17, 15) is 13.2 Å². The van der Waals surface area contributed by atoms with Crippen molar-refractivity contribution >= 4 is 44.7 Å². The third kappa shape index (κ3) is 5.10. The molecule has 3 aromatic rings. The third-order valence-electron chi connectivity index (χ3n) is 6.77. The highest BCUT2D eigenvalue weighted by molar-refractivity contribution is 7.89. The highest BCUT2D eigenvalue weighted by Gasteiger charge is 2.32. The van der Waals surface area contributed by atoms with Crippen molar-refractivity contribution in [2.45, 2.75) is 30.6 Å². The Morgan fingerprint density at radius 1 is 1.08 bits per heavy atom. The first-order valence-electron chi connectivity index (χ1n) is 11.8. The molecule has 0 atom stereocenters. The quantitative estimate of drug-likeness (QED) is 0.483. The number of nitrogens with zero attached hydrogens (tertiary/aromatic N) is 6. The Kier molecular flexibility index (Phi) is 7.25. The number of carbonyl (C=O) groups excluding carboxylic acids is 1. The van der Waals surface area contributed by atoms with Crippen LogP contribution in [0.25, 0.3) is 0 Å². The van der Waals surface area contributed by atoms with Crippen molar-refractivity contribution in [1.29, 1.82) is 0 Å². The average Bonchev–Trinajstić information content (AvgIpc) is 3.41. The van der Waals surface area contributed by atoms with Gasteiger partial charge in [0.1, 0.15) is 11.5 Å². The van der Waals surface area contributed by atoms with Crippen molar-refractivity contribution in [3.05, 3.63) is 63.5 Å². The van der Waals surface area contributed by atoms with Gasteiger partial charge >= 0.3 is 0 Å². The first kappa shape index (κ1) is 25.1. The molecule has 2 saturated heterocycles. The maximum atomic E-state index is 13.1. The molecule has 9 nitrogen and oxygen atoms in total. The topological polar surface area (TPSA) is 99.6 Å². The van der Waals surface area contributed by atoms with Crippen molar-refractivity contribution in [2.24, 2.45) is 0 Å². The normalized spacial score (nSPS) is 17.9. The maximum Gasteiger partial charge on any atom is 0.273 e. The molecule has 0 bridgehead atoms. The summed E-state index contributed by atoms with van der Waals surface area (Å²) >= 11 is 7.63. The summed E-state index contributed by atoms with van der Waals surface area (Å²) < 4.78 is 27.7. The van der Waals surface area contributed by atoms with Crippen LogP contribution in [0.1, 0.15) is 39.8 Å². The summed E-state index contributed by atoms with van der Waals surface area (Å²) in [6.07, 6.45) is 6.37. The minimum Gasteiger partial charge on any atom is -0.352 e. The van der Waals surface area contributed by atoms with Gasteiger partial charge < -0.3 is 9.80 Å². The summed E-state index contributed by atoms with van der Waals surface area (Å²) in [6.45, 7) is 5.25. The zero-order valence-corrected chi connectivity index (χ0v) is 22.3. The summed E-state index contributed by atoms with van der Waals surface area (Å²) in [5.74, 6) is 0.894. The Hall–Kier alpha value is -2.60. The molecule has 1 aromatic carbocycles. The number of aryl methyl sites for hydroxylation is 1. The number of sulfonamides is 1. The molecule has 190 valence electrons. The van der Waals surface area contributed by atoms with Crippen molar-refractivity contribution in [1.82, 2.24) is 24.2 Å². The fourth-order valence-electron chi connectivity index (χ4n) is 4.55. The lowest BCUT2D eigenvalue weighted by Gasteiger charge is -2.34. The van der Waals surface area contributed by atoms with Crippen LogP contribution < -0.4 is 4.90 Å². The number of halogens is 1. The van der Waals surface area contributed by atoms with Crippen LogP contribution in [0.5, 0.6) is 0 Å². The number of hydrogen-bond donors (Lipinski definition) is 0. The van der Waals surface area contributed by atoms with Crippen LogP contribution >= 0.6 is 22.9 Å². The zero-order chi connectivity index (χ0) is 25.3. The molecule has 0 N–H and O–H groups in total. The van der Waals surface area contributed by atoms with Crippen molar-refractivity contribution in [3.63, 3.8) is 0 Å². The molecular weight excluding hydrogens is 520 g/mol. The molecule has 0 radical (unpaired) electrons. The van der Waals surface area contributed by atoms with E-state index in [0.717, 1.165) is 16.4 Å². The Bertz CT molecular complexity index is 1330. The zero-order valence-electron chi connectivity index (χ0n) is 19.9. The second-order valence-electron chi connectivity index (χ2n) is 9.00. The fraction of sp³-hybridized carbons (Fsp3) is 0.417.